The van der Waals surface area contributed by atoms with Crippen LogP contribution in [0.15, 0.2) is 34.9 Å². The molecule has 1 aliphatic heterocycles. The van der Waals surface area contributed by atoms with Crippen molar-refractivity contribution in [3.8, 4) is 11.5 Å². The summed E-state index contributed by atoms with van der Waals surface area (Å²) in [5.74, 6) is 1.18. The second kappa shape index (κ2) is 7.68. The zero-order chi connectivity index (χ0) is 16.1. The van der Waals surface area contributed by atoms with Crippen LogP contribution in [0.4, 0.5) is 0 Å². The summed E-state index contributed by atoms with van der Waals surface area (Å²) in [7, 11) is 1.70. The summed E-state index contributed by atoms with van der Waals surface area (Å²) < 4.78 is 16.5. The highest BCUT2D eigenvalue weighted by Crippen LogP contribution is 2.21. The number of rotatable bonds is 7. The van der Waals surface area contributed by atoms with Gasteiger partial charge in [0.05, 0.1) is 24.8 Å². The van der Waals surface area contributed by atoms with E-state index in [0.717, 1.165) is 25.0 Å². The van der Waals surface area contributed by atoms with Crippen LogP contribution in [0.1, 0.15) is 31.6 Å². The minimum Gasteiger partial charge on any atom is -0.383 e. The second-order valence-electron chi connectivity index (χ2n) is 5.83. The van der Waals surface area contributed by atoms with Gasteiger partial charge in [-0.3, -0.25) is 5.32 Å². The van der Waals surface area contributed by atoms with E-state index in [0.29, 0.717) is 18.3 Å². The molecular weight excluding hydrogens is 294 g/mol. The summed E-state index contributed by atoms with van der Waals surface area (Å²) in [6, 6.07) is 9.85. The van der Waals surface area contributed by atoms with Gasteiger partial charge >= 0.3 is 0 Å². The van der Waals surface area contributed by atoms with Crippen molar-refractivity contribution < 1.29 is 14.0 Å². The molecule has 0 bridgehead atoms. The van der Waals surface area contributed by atoms with Gasteiger partial charge in [0.25, 0.3) is 5.89 Å². The van der Waals surface area contributed by atoms with Crippen molar-refractivity contribution in [2.75, 3.05) is 20.3 Å². The fourth-order valence-electron chi connectivity index (χ4n) is 2.87. The fraction of sp³-hybridized carbons (Fsp3) is 0.529. The number of aromatic nitrogens is 2. The van der Waals surface area contributed by atoms with Crippen LogP contribution in [-0.4, -0.2) is 42.6 Å². The van der Waals surface area contributed by atoms with Crippen LogP contribution in [0.25, 0.3) is 11.5 Å². The maximum absolute atomic E-state index is 5.77. The van der Waals surface area contributed by atoms with Gasteiger partial charge in [0.2, 0.25) is 0 Å². The molecule has 23 heavy (non-hydrogen) atoms. The fourth-order valence-corrected chi connectivity index (χ4v) is 2.87. The van der Waals surface area contributed by atoms with E-state index in [2.05, 4.69) is 15.5 Å². The number of hydrogen-bond donors (Lipinski definition) is 1. The van der Waals surface area contributed by atoms with E-state index in [4.69, 9.17) is 14.0 Å². The highest BCUT2D eigenvalue weighted by atomic mass is 16.5. The third-order valence-corrected chi connectivity index (χ3v) is 4.07. The Morgan fingerprint density at radius 3 is 2.87 bits per heavy atom. The van der Waals surface area contributed by atoms with Crippen molar-refractivity contribution in [3.05, 3.63) is 36.2 Å². The molecule has 0 spiro atoms. The van der Waals surface area contributed by atoms with E-state index in [1.807, 2.05) is 37.3 Å². The molecule has 2 aromatic rings. The van der Waals surface area contributed by atoms with E-state index in [1.165, 1.54) is 0 Å². The average Bonchev–Trinajstić information content (AvgIpc) is 3.27. The molecule has 0 aliphatic carbocycles. The molecule has 3 rings (SSSR count). The van der Waals surface area contributed by atoms with Crippen molar-refractivity contribution in [2.45, 2.75) is 38.0 Å². The summed E-state index contributed by atoms with van der Waals surface area (Å²) in [6.45, 7) is 3.44. The van der Waals surface area contributed by atoms with Crippen LogP contribution in [0.2, 0.25) is 0 Å². The molecule has 124 valence electrons. The summed E-state index contributed by atoms with van der Waals surface area (Å²) in [5, 5.41) is 7.61. The Morgan fingerprint density at radius 2 is 2.17 bits per heavy atom. The number of nitrogens with one attached hydrogen (secondary N) is 1. The Kier molecular flexibility index (Phi) is 5.38. The van der Waals surface area contributed by atoms with Crippen LogP contribution in [-0.2, 0) is 9.47 Å². The second-order valence-corrected chi connectivity index (χ2v) is 5.83. The SMILES string of the molecule is COC[C@H](N[C@@H](C)c1noc(-c2ccccc2)n1)[C@H]1CCCO1. The third-order valence-electron chi connectivity index (χ3n) is 4.07. The van der Waals surface area contributed by atoms with Crippen molar-refractivity contribution in [1.82, 2.24) is 15.5 Å². The maximum Gasteiger partial charge on any atom is 0.257 e. The van der Waals surface area contributed by atoms with Gasteiger partial charge in [0.1, 0.15) is 0 Å². The molecule has 0 unspecified atom stereocenters. The molecule has 6 heteroatoms. The Bertz CT molecular complexity index is 596. The topological polar surface area (TPSA) is 69.4 Å². The summed E-state index contributed by atoms with van der Waals surface area (Å²) in [6.07, 6.45) is 2.33. The first-order chi connectivity index (χ1) is 11.3. The first-order valence-electron chi connectivity index (χ1n) is 8.03. The van der Waals surface area contributed by atoms with Gasteiger partial charge in [-0.25, -0.2) is 0 Å². The van der Waals surface area contributed by atoms with E-state index in [1.54, 1.807) is 7.11 Å². The normalized spacial score (nSPS) is 20.5. The lowest BCUT2D eigenvalue weighted by Crippen LogP contribution is -2.44. The van der Waals surface area contributed by atoms with Gasteiger partial charge in [0, 0.05) is 19.3 Å². The maximum atomic E-state index is 5.77. The molecule has 1 fully saturated rings. The van der Waals surface area contributed by atoms with Crippen molar-refractivity contribution in [2.24, 2.45) is 0 Å². The molecule has 0 radical (unpaired) electrons. The molecule has 1 aliphatic rings. The quantitative estimate of drug-likeness (QED) is 0.846. The number of hydrogen-bond acceptors (Lipinski definition) is 6. The van der Waals surface area contributed by atoms with Gasteiger partial charge < -0.3 is 14.0 Å². The highest BCUT2D eigenvalue weighted by Gasteiger charge is 2.28. The lowest BCUT2D eigenvalue weighted by molar-refractivity contribution is 0.0392. The zero-order valence-electron chi connectivity index (χ0n) is 13.6. The van der Waals surface area contributed by atoms with Gasteiger partial charge in [-0.05, 0) is 31.9 Å². The van der Waals surface area contributed by atoms with Crippen LogP contribution in [0, 0.1) is 0 Å². The lowest BCUT2D eigenvalue weighted by Gasteiger charge is -2.25. The first kappa shape index (κ1) is 16.1. The molecule has 1 aromatic carbocycles. The lowest BCUT2D eigenvalue weighted by atomic mass is 10.1. The molecule has 0 amide bonds. The van der Waals surface area contributed by atoms with E-state index < -0.39 is 0 Å². The smallest absolute Gasteiger partial charge is 0.257 e. The van der Waals surface area contributed by atoms with Gasteiger partial charge in [-0.15, -0.1) is 0 Å². The van der Waals surface area contributed by atoms with Crippen LogP contribution in [0.3, 0.4) is 0 Å². The molecule has 2 heterocycles. The molecule has 1 aromatic heterocycles. The largest absolute Gasteiger partial charge is 0.383 e. The highest BCUT2D eigenvalue weighted by molar-refractivity contribution is 5.52. The van der Waals surface area contributed by atoms with E-state index in [-0.39, 0.29) is 18.2 Å². The minimum atomic E-state index is -0.0411. The Balaban J connectivity index is 1.67. The third kappa shape index (κ3) is 3.96. The van der Waals surface area contributed by atoms with Crippen molar-refractivity contribution >= 4 is 0 Å². The Labute approximate surface area is 136 Å². The zero-order valence-corrected chi connectivity index (χ0v) is 13.6. The standard InChI is InChI=1S/C17H23N3O3/c1-12(18-14(11-21-2)15-9-6-10-22-15)16-19-17(23-20-16)13-7-4-3-5-8-13/h3-5,7-8,12,14-15,18H,6,9-11H2,1-2H3/t12-,14-,15+/m0/s1. The van der Waals surface area contributed by atoms with Crippen LogP contribution < -0.4 is 5.32 Å². The molecular formula is C17H23N3O3. The number of methoxy groups -OCH3 is 1. The Hall–Kier alpha value is -1.76. The molecule has 3 atom stereocenters. The molecule has 6 nitrogen and oxygen atoms in total. The van der Waals surface area contributed by atoms with Crippen LogP contribution >= 0.6 is 0 Å². The van der Waals surface area contributed by atoms with Crippen molar-refractivity contribution in [1.29, 1.82) is 0 Å². The molecule has 1 N–H and O–H groups in total. The summed E-state index contributed by atoms with van der Waals surface area (Å²) >= 11 is 0. The van der Waals surface area contributed by atoms with E-state index in [9.17, 15) is 0 Å². The number of ether oxygens (including phenoxy) is 2. The predicted molar refractivity (Wildman–Crippen MR) is 85.9 cm³/mol. The van der Waals surface area contributed by atoms with Crippen LogP contribution in [0.5, 0.6) is 0 Å². The predicted octanol–water partition coefficient (Wildman–Crippen LogP) is 2.58. The first-order valence-corrected chi connectivity index (χ1v) is 8.03. The molecule has 0 saturated carbocycles. The summed E-state index contributed by atoms with van der Waals surface area (Å²) in [5.41, 5.74) is 0.922. The Morgan fingerprint density at radius 1 is 1.35 bits per heavy atom. The van der Waals surface area contributed by atoms with Gasteiger partial charge in [-0.1, -0.05) is 23.4 Å². The summed E-state index contributed by atoms with van der Waals surface area (Å²) in [4.78, 5) is 4.50. The number of nitrogens with zero attached hydrogens (tertiary/aromatic N) is 2. The van der Waals surface area contributed by atoms with Crippen molar-refractivity contribution in [3.63, 3.8) is 0 Å². The average molecular weight is 317 g/mol. The minimum absolute atomic E-state index is 0.0411. The molecule has 1 saturated heterocycles. The monoisotopic (exact) mass is 317 g/mol. The number of benzene rings is 1. The van der Waals surface area contributed by atoms with E-state index >= 15 is 0 Å². The van der Waals surface area contributed by atoms with Gasteiger partial charge in [-0.2, -0.15) is 4.98 Å². The van der Waals surface area contributed by atoms with Gasteiger partial charge in [0.15, 0.2) is 5.82 Å².